The Labute approximate surface area is 144 Å². The number of hydrogen-bond donors (Lipinski definition) is 2. The molecule has 25 heavy (non-hydrogen) atoms. The average Bonchev–Trinajstić information content (AvgIpc) is 3.15. The van der Waals surface area contributed by atoms with E-state index in [1.807, 2.05) is 6.07 Å². The fourth-order valence-corrected chi connectivity index (χ4v) is 2.49. The van der Waals surface area contributed by atoms with Gasteiger partial charge in [-0.05, 0) is 42.8 Å². The van der Waals surface area contributed by atoms with Crippen LogP contribution in [0.25, 0.3) is 5.69 Å². The van der Waals surface area contributed by atoms with Crippen molar-refractivity contribution in [3.8, 4) is 5.69 Å². The molecule has 6 heteroatoms. The normalized spacial score (nSPS) is 13.2. The minimum absolute atomic E-state index is 0.00672. The number of aliphatic hydroxyl groups is 1. The summed E-state index contributed by atoms with van der Waals surface area (Å²) >= 11 is 0. The van der Waals surface area contributed by atoms with E-state index in [0.29, 0.717) is 11.1 Å². The minimum atomic E-state index is -1.30. The van der Waals surface area contributed by atoms with Gasteiger partial charge in [0.05, 0.1) is 12.9 Å². The highest BCUT2D eigenvalue weighted by atomic mass is 19.1. The highest BCUT2D eigenvalue weighted by molar-refractivity contribution is 5.94. The van der Waals surface area contributed by atoms with Crippen LogP contribution in [0.5, 0.6) is 0 Å². The number of rotatable bonds is 5. The first kappa shape index (κ1) is 16.9. The van der Waals surface area contributed by atoms with Crippen LogP contribution >= 0.6 is 0 Å². The quantitative estimate of drug-likeness (QED) is 0.751. The molecule has 1 unspecified atom stereocenters. The fourth-order valence-electron chi connectivity index (χ4n) is 2.49. The summed E-state index contributed by atoms with van der Waals surface area (Å²) in [6.07, 6.45) is 5.10. The van der Waals surface area contributed by atoms with Gasteiger partial charge in [-0.1, -0.05) is 18.2 Å². The predicted molar refractivity (Wildman–Crippen MR) is 91.9 cm³/mol. The maximum atomic E-state index is 13.0. The molecule has 0 radical (unpaired) electrons. The third-order valence-electron chi connectivity index (χ3n) is 3.97. The number of nitrogens with zero attached hydrogens (tertiary/aromatic N) is 2. The molecule has 2 N–H and O–H groups in total. The van der Waals surface area contributed by atoms with Crippen LogP contribution in [-0.2, 0) is 5.60 Å². The molecule has 1 heterocycles. The summed E-state index contributed by atoms with van der Waals surface area (Å²) in [4.78, 5) is 16.4. The van der Waals surface area contributed by atoms with E-state index in [-0.39, 0.29) is 18.3 Å². The first-order valence-corrected chi connectivity index (χ1v) is 7.81. The summed E-state index contributed by atoms with van der Waals surface area (Å²) in [5.41, 5.74) is 0.517. The van der Waals surface area contributed by atoms with Crippen molar-refractivity contribution in [1.29, 1.82) is 0 Å². The van der Waals surface area contributed by atoms with E-state index < -0.39 is 5.60 Å². The Morgan fingerprint density at radius 1 is 1.28 bits per heavy atom. The number of carbonyl (C=O) groups is 1. The van der Waals surface area contributed by atoms with Gasteiger partial charge >= 0.3 is 0 Å². The van der Waals surface area contributed by atoms with Gasteiger partial charge in [0.15, 0.2) is 0 Å². The Kier molecular flexibility index (Phi) is 4.63. The molecule has 1 atom stereocenters. The molecule has 0 spiro atoms. The highest BCUT2D eigenvalue weighted by Crippen LogP contribution is 2.20. The molecule has 0 fully saturated rings. The molecule has 3 aromatic rings. The third-order valence-corrected chi connectivity index (χ3v) is 3.97. The van der Waals surface area contributed by atoms with Crippen LogP contribution in [-0.4, -0.2) is 27.1 Å². The molecular formula is C19H18FN3O2. The third kappa shape index (κ3) is 3.92. The molecule has 3 rings (SSSR count). The lowest BCUT2D eigenvalue weighted by Crippen LogP contribution is -2.38. The summed E-state index contributed by atoms with van der Waals surface area (Å²) < 4.78 is 14.8. The smallest absolute Gasteiger partial charge is 0.251 e. The Balaban J connectivity index is 1.70. The molecule has 5 nitrogen and oxygen atoms in total. The molecule has 0 bridgehead atoms. The molecule has 1 aromatic heterocycles. The van der Waals surface area contributed by atoms with Gasteiger partial charge in [0.1, 0.15) is 11.4 Å². The van der Waals surface area contributed by atoms with Crippen molar-refractivity contribution in [3.05, 3.63) is 84.2 Å². The van der Waals surface area contributed by atoms with Gasteiger partial charge in [-0.3, -0.25) is 4.79 Å². The van der Waals surface area contributed by atoms with Crippen LogP contribution < -0.4 is 5.32 Å². The Morgan fingerprint density at radius 2 is 2.04 bits per heavy atom. The van der Waals surface area contributed by atoms with E-state index in [1.54, 1.807) is 48.4 Å². The van der Waals surface area contributed by atoms with Crippen LogP contribution in [0.15, 0.2) is 67.3 Å². The SMILES string of the molecule is CC(O)(CNC(=O)c1cccc(-n2ccnc2)c1)c1ccc(F)cc1. The van der Waals surface area contributed by atoms with Crippen molar-refractivity contribution in [2.24, 2.45) is 0 Å². The lowest BCUT2D eigenvalue weighted by Gasteiger charge is -2.24. The van der Waals surface area contributed by atoms with Gasteiger partial charge in [0, 0.05) is 23.6 Å². The molecule has 0 aliphatic heterocycles. The molecule has 0 aliphatic carbocycles. The topological polar surface area (TPSA) is 67.2 Å². The first-order chi connectivity index (χ1) is 12.0. The van der Waals surface area contributed by atoms with Crippen molar-refractivity contribution in [2.45, 2.75) is 12.5 Å². The van der Waals surface area contributed by atoms with E-state index in [0.717, 1.165) is 5.69 Å². The van der Waals surface area contributed by atoms with Crippen molar-refractivity contribution in [1.82, 2.24) is 14.9 Å². The van der Waals surface area contributed by atoms with E-state index in [1.165, 1.54) is 24.3 Å². The van der Waals surface area contributed by atoms with Crippen LogP contribution in [0.4, 0.5) is 4.39 Å². The second-order valence-electron chi connectivity index (χ2n) is 5.98. The second-order valence-corrected chi connectivity index (χ2v) is 5.98. The fraction of sp³-hybridized carbons (Fsp3) is 0.158. The maximum absolute atomic E-state index is 13.0. The number of carbonyl (C=O) groups excluding carboxylic acids is 1. The molecular weight excluding hydrogens is 321 g/mol. The van der Waals surface area contributed by atoms with E-state index >= 15 is 0 Å². The van der Waals surface area contributed by atoms with Crippen molar-refractivity contribution >= 4 is 5.91 Å². The standard InChI is InChI=1S/C19H18FN3O2/c1-19(25,15-5-7-16(20)8-6-15)12-22-18(24)14-3-2-4-17(11-14)23-10-9-21-13-23/h2-11,13,25H,12H2,1H3,(H,22,24). The zero-order valence-corrected chi connectivity index (χ0v) is 13.7. The Hall–Kier alpha value is -2.99. The van der Waals surface area contributed by atoms with Crippen molar-refractivity contribution in [3.63, 3.8) is 0 Å². The lowest BCUT2D eigenvalue weighted by atomic mass is 9.96. The summed E-state index contributed by atoms with van der Waals surface area (Å²) in [5.74, 6) is -0.677. The number of aromatic nitrogens is 2. The van der Waals surface area contributed by atoms with Gasteiger partial charge in [0.2, 0.25) is 0 Å². The minimum Gasteiger partial charge on any atom is -0.384 e. The lowest BCUT2D eigenvalue weighted by molar-refractivity contribution is 0.0526. The summed E-state index contributed by atoms with van der Waals surface area (Å²) in [6, 6.07) is 12.6. The number of hydrogen-bond acceptors (Lipinski definition) is 3. The highest BCUT2D eigenvalue weighted by Gasteiger charge is 2.24. The molecule has 0 saturated heterocycles. The Morgan fingerprint density at radius 3 is 2.72 bits per heavy atom. The monoisotopic (exact) mass is 339 g/mol. The number of imidazole rings is 1. The van der Waals surface area contributed by atoms with Gasteiger partial charge in [0.25, 0.3) is 5.91 Å². The first-order valence-electron chi connectivity index (χ1n) is 7.81. The van der Waals surface area contributed by atoms with Crippen LogP contribution in [0.1, 0.15) is 22.8 Å². The van der Waals surface area contributed by atoms with E-state index in [9.17, 15) is 14.3 Å². The van der Waals surface area contributed by atoms with Crippen LogP contribution in [0.2, 0.25) is 0 Å². The van der Waals surface area contributed by atoms with Gasteiger partial charge in [-0.2, -0.15) is 0 Å². The zero-order valence-electron chi connectivity index (χ0n) is 13.7. The number of halogens is 1. The van der Waals surface area contributed by atoms with E-state index in [4.69, 9.17) is 0 Å². The number of amides is 1. The van der Waals surface area contributed by atoms with Crippen molar-refractivity contribution < 1.29 is 14.3 Å². The summed E-state index contributed by atoms with van der Waals surface area (Å²) in [5, 5.41) is 13.2. The summed E-state index contributed by atoms with van der Waals surface area (Å²) in [6.45, 7) is 1.58. The number of benzene rings is 2. The van der Waals surface area contributed by atoms with Gasteiger partial charge < -0.3 is 15.0 Å². The zero-order chi connectivity index (χ0) is 17.9. The Bertz CT molecular complexity index is 859. The van der Waals surface area contributed by atoms with Crippen LogP contribution in [0, 0.1) is 5.82 Å². The maximum Gasteiger partial charge on any atom is 0.251 e. The van der Waals surface area contributed by atoms with Crippen molar-refractivity contribution in [2.75, 3.05) is 6.54 Å². The molecule has 0 aliphatic rings. The largest absolute Gasteiger partial charge is 0.384 e. The van der Waals surface area contributed by atoms with Gasteiger partial charge in [-0.15, -0.1) is 0 Å². The van der Waals surface area contributed by atoms with E-state index in [2.05, 4.69) is 10.3 Å². The van der Waals surface area contributed by atoms with Gasteiger partial charge in [-0.25, -0.2) is 9.37 Å². The second kappa shape index (κ2) is 6.86. The molecule has 1 amide bonds. The molecule has 128 valence electrons. The van der Waals surface area contributed by atoms with Crippen LogP contribution in [0.3, 0.4) is 0 Å². The predicted octanol–water partition coefficient (Wildman–Crippen LogP) is 2.65. The number of nitrogens with one attached hydrogen (secondary N) is 1. The average molecular weight is 339 g/mol. The summed E-state index contributed by atoms with van der Waals surface area (Å²) in [7, 11) is 0. The molecule has 2 aromatic carbocycles. The molecule has 0 saturated carbocycles.